The molecule has 0 N–H and O–H groups in total. The maximum atomic E-state index is 6.30. The summed E-state index contributed by atoms with van der Waals surface area (Å²) in [6.45, 7) is 6.74. The van der Waals surface area contributed by atoms with Crippen LogP contribution in [0.25, 0.3) is 0 Å². The minimum absolute atomic E-state index is 0.0602. The van der Waals surface area contributed by atoms with Crippen molar-refractivity contribution < 1.29 is 14.2 Å². The van der Waals surface area contributed by atoms with Gasteiger partial charge in [-0.05, 0) is 31.3 Å². The lowest BCUT2D eigenvalue weighted by Gasteiger charge is -2.31. The summed E-state index contributed by atoms with van der Waals surface area (Å²) in [7, 11) is 2.69. The maximum Gasteiger partial charge on any atom is 0.213 e. The van der Waals surface area contributed by atoms with Crippen molar-refractivity contribution in [2.24, 2.45) is 0 Å². The highest BCUT2D eigenvalue weighted by atomic mass is 31.1. The van der Waals surface area contributed by atoms with E-state index >= 15 is 0 Å². The summed E-state index contributed by atoms with van der Waals surface area (Å²) in [6.07, 6.45) is 0. The number of aromatic nitrogens is 1. The van der Waals surface area contributed by atoms with Gasteiger partial charge in [0.2, 0.25) is 5.88 Å². The molecule has 5 heteroatoms. The fourth-order valence-corrected chi connectivity index (χ4v) is 5.86. The summed E-state index contributed by atoms with van der Waals surface area (Å²) in [5, 5.41) is 1.25. The first kappa shape index (κ1) is 16.1. The van der Waals surface area contributed by atoms with Crippen molar-refractivity contribution in [2.75, 3.05) is 14.2 Å². The molecule has 0 fully saturated rings. The quantitative estimate of drug-likeness (QED) is 0.794. The van der Waals surface area contributed by atoms with E-state index in [1.807, 2.05) is 36.4 Å². The molecule has 0 aliphatic carbocycles. The number of rotatable bonds is 3. The smallest absolute Gasteiger partial charge is 0.213 e. The minimum atomic E-state index is -0.651. The van der Waals surface area contributed by atoms with Gasteiger partial charge in [0, 0.05) is 6.07 Å². The first-order valence-electron chi connectivity index (χ1n) is 7.59. The van der Waals surface area contributed by atoms with Crippen LogP contribution in [0.15, 0.2) is 36.4 Å². The largest absolute Gasteiger partial charge is 0.496 e. The van der Waals surface area contributed by atoms with Crippen molar-refractivity contribution in [3.05, 3.63) is 42.1 Å². The predicted molar refractivity (Wildman–Crippen MR) is 93.5 cm³/mol. The summed E-state index contributed by atoms with van der Waals surface area (Å²) in [4.78, 5) is 4.60. The second-order valence-corrected chi connectivity index (χ2v) is 9.42. The molecule has 0 amide bonds. The molecule has 0 bridgehead atoms. The fraction of sp³-hybridized carbons (Fsp3) is 0.389. The number of ether oxygens (including phenoxy) is 3. The van der Waals surface area contributed by atoms with E-state index in [2.05, 4.69) is 25.8 Å². The predicted octanol–water partition coefficient (Wildman–Crippen LogP) is 4.10. The van der Waals surface area contributed by atoms with E-state index < -0.39 is 7.92 Å². The zero-order valence-corrected chi connectivity index (χ0v) is 15.1. The van der Waals surface area contributed by atoms with Crippen LogP contribution in [0.2, 0.25) is 0 Å². The lowest BCUT2D eigenvalue weighted by Crippen LogP contribution is -2.21. The van der Waals surface area contributed by atoms with E-state index in [1.165, 1.54) is 5.30 Å². The number of hydrogen-bond donors (Lipinski definition) is 0. The summed E-state index contributed by atoms with van der Waals surface area (Å²) in [5.74, 6) is 2.32. The van der Waals surface area contributed by atoms with Crippen LogP contribution in [0, 0.1) is 0 Å². The molecular formula is C18H22NO3P. The van der Waals surface area contributed by atoms with Gasteiger partial charge in [0.15, 0.2) is 5.85 Å². The second-order valence-electron chi connectivity index (χ2n) is 6.42. The molecule has 4 nitrogen and oxygen atoms in total. The molecule has 2 atom stereocenters. The normalized spacial score (nSPS) is 19.9. The first-order chi connectivity index (χ1) is 11.0. The van der Waals surface area contributed by atoms with Crippen molar-refractivity contribution in [2.45, 2.75) is 31.8 Å². The molecule has 1 aliphatic heterocycles. The van der Waals surface area contributed by atoms with E-state index in [9.17, 15) is 0 Å². The van der Waals surface area contributed by atoms with Gasteiger partial charge < -0.3 is 14.2 Å². The van der Waals surface area contributed by atoms with Gasteiger partial charge in [-0.15, -0.1) is 0 Å². The van der Waals surface area contributed by atoms with Crippen LogP contribution in [-0.2, 0) is 0 Å². The Morgan fingerprint density at radius 1 is 1.04 bits per heavy atom. The molecular weight excluding hydrogens is 309 g/mol. The Morgan fingerprint density at radius 2 is 1.78 bits per heavy atom. The molecule has 2 heterocycles. The number of benzene rings is 1. The lowest BCUT2D eigenvalue weighted by molar-refractivity contribution is 0.291. The van der Waals surface area contributed by atoms with Crippen LogP contribution < -0.4 is 19.5 Å². The molecule has 122 valence electrons. The van der Waals surface area contributed by atoms with E-state index in [0.717, 1.165) is 17.2 Å². The van der Waals surface area contributed by atoms with E-state index in [0.29, 0.717) is 5.88 Å². The summed E-state index contributed by atoms with van der Waals surface area (Å²) >= 11 is 0. The summed E-state index contributed by atoms with van der Waals surface area (Å²) < 4.78 is 17.2. The summed E-state index contributed by atoms with van der Waals surface area (Å²) in [6, 6.07) is 11.8. The van der Waals surface area contributed by atoms with Gasteiger partial charge in [-0.2, -0.15) is 0 Å². The van der Waals surface area contributed by atoms with Gasteiger partial charge in [-0.1, -0.05) is 32.9 Å². The molecule has 1 aromatic carbocycles. The number of nitrogens with zero attached hydrogens (tertiary/aromatic N) is 1. The third-order valence-corrected chi connectivity index (χ3v) is 7.03. The zero-order chi connectivity index (χ0) is 16.6. The van der Waals surface area contributed by atoms with Crippen molar-refractivity contribution in [3.63, 3.8) is 0 Å². The highest BCUT2D eigenvalue weighted by molar-refractivity contribution is 7.68. The van der Waals surface area contributed by atoms with Crippen LogP contribution in [0.4, 0.5) is 0 Å². The lowest BCUT2D eigenvalue weighted by atomic mass is 10.3. The van der Waals surface area contributed by atoms with Crippen LogP contribution in [0.5, 0.6) is 17.4 Å². The van der Waals surface area contributed by atoms with Crippen molar-refractivity contribution in [1.82, 2.24) is 4.98 Å². The van der Waals surface area contributed by atoms with Crippen LogP contribution >= 0.6 is 7.92 Å². The number of methoxy groups -OCH3 is 2. The highest BCUT2D eigenvalue weighted by Crippen LogP contribution is 2.66. The Morgan fingerprint density at radius 3 is 2.43 bits per heavy atom. The Labute approximate surface area is 138 Å². The van der Waals surface area contributed by atoms with Crippen LogP contribution in [-0.4, -0.2) is 24.4 Å². The molecule has 0 spiro atoms. The average molecular weight is 331 g/mol. The molecule has 1 aromatic heterocycles. The average Bonchev–Trinajstić information content (AvgIpc) is 2.94. The maximum absolute atomic E-state index is 6.30. The molecule has 2 aromatic rings. The van der Waals surface area contributed by atoms with Gasteiger partial charge in [-0.25, -0.2) is 4.98 Å². The second kappa shape index (κ2) is 6.01. The van der Waals surface area contributed by atoms with Crippen LogP contribution in [0.1, 0.15) is 32.3 Å². The van der Waals surface area contributed by atoms with E-state index in [1.54, 1.807) is 14.2 Å². The van der Waals surface area contributed by atoms with E-state index in [4.69, 9.17) is 14.2 Å². The van der Waals surface area contributed by atoms with Gasteiger partial charge in [0.1, 0.15) is 11.5 Å². The first-order valence-corrected chi connectivity index (χ1v) is 9.00. The highest BCUT2D eigenvalue weighted by Gasteiger charge is 2.45. The molecule has 23 heavy (non-hydrogen) atoms. The Kier molecular flexibility index (Phi) is 4.20. The third kappa shape index (κ3) is 2.88. The number of hydrogen-bond acceptors (Lipinski definition) is 4. The molecule has 0 radical (unpaired) electrons. The standard InChI is InChI=1S/C18H22NO3P/c1-18(2,3)23-16-13(20-4)9-7-10-14(16)22-17(23)12-8-6-11-15(19-12)21-5/h6-11,17H,1-5H3/t17-,23?/m1/s1. The zero-order valence-electron chi connectivity index (χ0n) is 14.2. The van der Waals surface area contributed by atoms with Crippen molar-refractivity contribution in [3.8, 4) is 17.4 Å². The molecule has 0 saturated heterocycles. The van der Waals surface area contributed by atoms with Crippen molar-refractivity contribution >= 4 is 13.2 Å². The molecule has 0 saturated carbocycles. The van der Waals surface area contributed by atoms with Gasteiger partial charge in [0.25, 0.3) is 0 Å². The Balaban J connectivity index is 2.12. The van der Waals surface area contributed by atoms with Gasteiger partial charge >= 0.3 is 0 Å². The number of fused-ring (bicyclic) bond motifs is 1. The fourth-order valence-electron chi connectivity index (χ4n) is 2.85. The topological polar surface area (TPSA) is 40.6 Å². The van der Waals surface area contributed by atoms with Crippen LogP contribution in [0.3, 0.4) is 0 Å². The molecule has 1 aliphatic rings. The third-order valence-electron chi connectivity index (χ3n) is 3.83. The number of pyridine rings is 1. The van der Waals surface area contributed by atoms with E-state index in [-0.39, 0.29) is 11.0 Å². The SMILES string of the molecule is COc1cccc([C@@H]2Oc3cccc(OC)c3P2C(C)(C)C)n1. The van der Waals surface area contributed by atoms with Crippen molar-refractivity contribution in [1.29, 1.82) is 0 Å². The Hall–Kier alpha value is -1.80. The summed E-state index contributed by atoms with van der Waals surface area (Å²) in [5.41, 5.74) is 0.906. The van der Waals surface area contributed by atoms with Gasteiger partial charge in [-0.3, -0.25) is 0 Å². The van der Waals surface area contributed by atoms with Gasteiger partial charge in [0.05, 0.1) is 25.2 Å². The minimum Gasteiger partial charge on any atom is -0.496 e. The molecule has 3 rings (SSSR count). The Bertz CT molecular complexity index is 712. The molecule has 1 unspecified atom stereocenters. The monoisotopic (exact) mass is 331 g/mol.